The first-order valence-corrected chi connectivity index (χ1v) is 6.72. The normalized spacial score (nSPS) is 12.4. The third-order valence-corrected chi connectivity index (χ3v) is 3.45. The molecule has 1 aromatic heterocycles. The predicted molar refractivity (Wildman–Crippen MR) is 77.7 cm³/mol. The standard InChI is InChI=1S/C13H17BrN4O/c1-18-13(19-2)8-12(17-18)11(16-15)7-9-4-3-5-10(14)6-9/h3-6,8,11,16H,7,15H2,1-2H3. The number of nitrogens with one attached hydrogen (secondary N) is 1. The number of methoxy groups -OCH3 is 1. The van der Waals surface area contributed by atoms with Crippen molar-refractivity contribution in [1.29, 1.82) is 0 Å². The van der Waals surface area contributed by atoms with Gasteiger partial charge in [-0.05, 0) is 24.1 Å². The minimum absolute atomic E-state index is 0.0515. The van der Waals surface area contributed by atoms with E-state index in [2.05, 4.69) is 38.6 Å². The van der Waals surface area contributed by atoms with Crippen LogP contribution in [0.25, 0.3) is 0 Å². The summed E-state index contributed by atoms with van der Waals surface area (Å²) in [5, 5.41) is 4.41. The molecule has 1 atom stereocenters. The summed E-state index contributed by atoms with van der Waals surface area (Å²) in [6.45, 7) is 0. The van der Waals surface area contributed by atoms with E-state index in [0.717, 1.165) is 16.6 Å². The number of benzene rings is 1. The van der Waals surface area contributed by atoms with Crippen LogP contribution in [0.5, 0.6) is 5.88 Å². The van der Waals surface area contributed by atoms with Gasteiger partial charge in [0.1, 0.15) is 0 Å². The molecule has 2 aromatic rings. The van der Waals surface area contributed by atoms with Crippen molar-refractivity contribution in [3.8, 4) is 5.88 Å². The summed E-state index contributed by atoms with van der Waals surface area (Å²) < 4.78 is 7.96. The van der Waals surface area contributed by atoms with Crippen LogP contribution in [-0.4, -0.2) is 16.9 Å². The van der Waals surface area contributed by atoms with Crippen LogP contribution in [0.15, 0.2) is 34.8 Å². The summed E-state index contributed by atoms with van der Waals surface area (Å²) >= 11 is 3.47. The Morgan fingerprint density at radius 3 is 2.84 bits per heavy atom. The largest absolute Gasteiger partial charge is 0.481 e. The molecule has 5 nitrogen and oxygen atoms in total. The van der Waals surface area contributed by atoms with Crippen LogP contribution in [0, 0.1) is 0 Å². The second-order valence-electron chi connectivity index (χ2n) is 4.29. The van der Waals surface area contributed by atoms with E-state index in [0.29, 0.717) is 5.88 Å². The number of nitrogens with two attached hydrogens (primary N) is 1. The Labute approximate surface area is 120 Å². The molecule has 1 heterocycles. The number of hydrogen-bond acceptors (Lipinski definition) is 4. The van der Waals surface area contributed by atoms with Crippen molar-refractivity contribution in [1.82, 2.24) is 15.2 Å². The fourth-order valence-electron chi connectivity index (χ4n) is 1.98. The molecular weight excluding hydrogens is 308 g/mol. The zero-order valence-corrected chi connectivity index (χ0v) is 12.5. The third kappa shape index (κ3) is 3.34. The molecule has 0 spiro atoms. The minimum atomic E-state index is -0.0515. The SMILES string of the molecule is COc1cc(C(Cc2cccc(Br)c2)NN)nn1C. The van der Waals surface area contributed by atoms with Gasteiger partial charge < -0.3 is 4.74 Å². The van der Waals surface area contributed by atoms with Gasteiger partial charge in [0, 0.05) is 17.6 Å². The monoisotopic (exact) mass is 324 g/mol. The van der Waals surface area contributed by atoms with E-state index in [-0.39, 0.29) is 6.04 Å². The van der Waals surface area contributed by atoms with Crippen molar-refractivity contribution >= 4 is 15.9 Å². The first-order valence-electron chi connectivity index (χ1n) is 5.92. The van der Waals surface area contributed by atoms with Gasteiger partial charge in [0.25, 0.3) is 0 Å². The number of ether oxygens (including phenoxy) is 1. The van der Waals surface area contributed by atoms with Gasteiger partial charge in [0.05, 0.1) is 18.8 Å². The maximum absolute atomic E-state index is 5.64. The number of nitrogens with zero attached hydrogens (tertiary/aromatic N) is 2. The summed E-state index contributed by atoms with van der Waals surface area (Å²) in [5.41, 5.74) is 4.85. The Morgan fingerprint density at radius 2 is 2.26 bits per heavy atom. The average Bonchev–Trinajstić information content (AvgIpc) is 2.77. The van der Waals surface area contributed by atoms with Crippen LogP contribution in [0.4, 0.5) is 0 Å². The maximum Gasteiger partial charge on any atom is 0.211 e. The first kappa shape index (κ1) is 14.0. The minimum Gasteiger partial charge on any atom is -0.481 e. The molecule has 19 heavy (non-hydrogen) atoms. The molecule has 0 aliphatic carbocycles. The lowest BCUT2D eigenvalue weighted by molar-refractivity contribution is 0.373. The van der Waals surface area contributed by atoms with Crippen LogP contribution >= 0.6 is 15.9 Å². The van der Waals surface area contributed by atoms with Crippen LogP contribution < -0.4 is 16.0 Å². The Hall–Kier alpha value is -1.37. The highest BCUT2D eigenvalue weighted by Gasteiger charge is 2.16. The highest BCUT2D eigenvalue weighted by molar-refractivity contribution is 9.10. The van der Waals surface area contributed by atoms with E-state index >= 15 is 0 Å². The maximum atomic E-state index is 5.64. The van der Waals surface area contributed by atoms with Crippen LogP contribution in [-0.2, 0) is 13.5 Å². The van der Waals surface area contributed by atoms with Gasteiger partial charge in [-0.1, -0.05) is 28.1 Å². The molecule has 0 radical (unpaired) electrons. The van der Waals surface area contributed by atoms with Gasteiger partial charge in [-0.25, -0.2) is 4.68 Å². The average molecular weight is 325 g/mol. The van der Waals surface area contributed by atoms with Gasteiger partial charge in [0.15, 0.2) is 0 Å². The zero-order valence-electron chi connectivity index (χ0n) is 10.9. The Bertz CT molecular complexity index is 555. The Morgan fingerprint density at radius 1 is 1.47 bits per heavy atom. The number of halogens is 1. The van der Waals surface area contributed by atoms with Gasteiger partial charge in [-0.3, -0.25) is 11.3 Å². The molecule has 0 aliphatic heterocycles. The molecule has 2 rings (SSSR count). The molecule has 0 fully saturated rings. The molecule has 3 N–H and O–H groups in total. The highest BCUT2D eigenvalue weighted by atomic mass is 79.9. The zero-order chi connectivity index (χ0) is 13.8. The summed E-state index contributed by atoms with van der Waals surface area (Å²) in [6.07, 6.45) is 0.760. The number of hydrazine groups is 1. The highest BCUT2D eigenvalue weighted by Crippen LogP contribution is 2.22. The molecule has 0 aliphatic rings. The van der Waals surface area contributed by atoms with Crippen LogP contribution in [0.3, 0.4) is 0 Å². The fourth-order valence-corrected chi connectivity index (χ4v) is 2.43. The lowest BCUT2D eigenvalue weighted by Crippen LogP contribution is -2.30. The van der Waals surface area contributed by atoms with Gasteiger partial charge in [-0.15, -0.1) is 0 Å². The van der Waals surface area contributed by atoms with Crippen molar-refractivity contribution in [2.24, 2.45) is 12.9 Å². The summed E-state index contributed by atoms with van der Waals surface area (Å²) in [6, 6.07) is 9.98. The summed E-state index contributed by atoms with van der Waals surface area (Å²) in [7, 11) is 3.47. The number of aromatic nitrogens is 2. The van der Waals surface area contributed by atoms with E-state index < -0.39 is 0 Å². The number of rotatable bonds is 5. The molecule has 1 aromatic carbocycles. The molecule has 6 heteroatoms. The van der Waals surface area contributed by atoms with Crippen molar-refractivity contribution in [2.75, 3.05) is 7.11 Å². The van der Waals surface area contributed by atoms with E-state index in [4.69, 9.17) is 10.6 Å². The van der Waals surface area contributed by atoms with Crippen molar-refractivity contribution in [3.63, 3.8) is 0 Å². The smallest absolute Gasteiger partial charge is 0.211 e. The van der Waals surface area contributed by atoms with E-state index in [1.807, 2.05) is 25.2 Å². The molecule has 0 saturated carbocycles. The van der Waals surface area contributed by atoms with Crippen molar-refractivity contribution in [2.45, 2.75) is 12.5 Å². The van der Waals surface area contributed by atoms with E-state index in [1.165, 1.54) is 5.56 Å². The number of aryl methyl sites for hydroxylation is 1. The quantitative estimate of drug-likeness (QED) is 0.651. The topological polar surface area (TPSA) is 65.1 Å². The number of hydrogen-bond donors (Lipinski definition) is 2. The van der Waals surface area contributed by atoms with E-state index in [1.54, 1.807) is 11.8 Å². The lowest BCUT2D eigenvalue weighted by Gasteiger charge is -2.13. The fraction of sp³-hybridized carbons (Fsp3) is 0.308. The Kier molecular flexibility index (Phi) is 4.57. The molecular formula is C13H17BrN4O. The molecule has 0 bridgehead atoms. The van der Waals surface area contributed by atoms with Crippen molar-refractivity contribution < 1.29 is 4.74 Å². The van der Waals surface area contributed by atoms with Gasteiger partial charge in [0.2, 0.25) is 5.88 Å². The van der Waals surface area contributed by atoms with E-state index in [9.17, 15) is 0 Å². The molecule has 0 amide bonds. The van der Waals surface area contributed by atoms with Crippen LogP contribution in [0.1, 0.15) is 17.3 Å². The summed E-state index contributed by atoms with van der Waals surface area (Å²) in [5.74, 6) is 6.35. The van der Waals surface area contributed by atoms with Gasteiger partial charge >= 0.3 is 0 Å². The second kappa shape index (κ2) is 6.18. The van der Waals surface area contributed by atoms with Gasteiger partial charge in [-0.2, -0.15) is 5.10 Å². The van der Waals surface area contributed by atoms with Crippen LogP contribution in [0.2, 0.25) is 0 Å². The van der Waals surface area contributed by atoms with Crippen molar-refractivity contribution in [3.05, 3.63) is 46.1 Å². The lowest BCUT2D eigenvalue weighted by atomic mass is 10.0. The molecule has 0 saturated heterocycles. The molecule has 102 valence electrons. The Balaban J connectivity index is 2.19. The third-order valence-electron chi connectivity index (χ3n) is 2.95. The summed E-state index contributed by atoms with van der Waals surface area (Å²) in [4.78, 5) is 0. The predicted octanol–water partition coefficient (Wildman–Crippen LogP) is 1.94. The molecule has 1 unspecified atom stereocenters. The second-order valence-corrected chi connectivity index (χ2v) is 5.20. The first-order chi connectivity index (χ1) is 9.13.